The summed E-state index contributed by atoms with van der Waals surface area (Å²) in [6.45, 7) is 1.13. The zero-order valence-corrected chi connectivity index (χ0v) is 10.1. The lowest BCUT2D eigenvalue weighted by atomic mass is 10.0. The normalized spacial score (nSPS) is 21.8. The zero-order chi connectivity index (χ0) is 12.7. The smallest absolute Gasteiger partial charge is 0.326 e. The second kappa shape index (κ2) is 7.24. The summed E-state index contributed by atoms with van der Waals surface area (Å²) in [5, 5.41) is 14.6. The molecule has 1 unspecified atom stereocenters. The molecule has 2 atom stereocenters. The van der Waals surface area contributed by atoms with E-state index in [1.165, 1.54) is 7.11 Å². The van der Waals surface area contributed by atoms with Crippen molar-refractivity contribution in [2.75, 3.05) is 20.3 Å². The van der Waals surface area contributed by atoms with E-state index in [0.29, 0.717) is 6.61 Å². The summed E-state index contributed by atoms with van der Waals surface area (Å²) in [7, 11) is 1.50. The molecule has 0 aromatic heterocycles. The number of rotatable bonds is 6. The van der Waals surface area contributed by atoms with E-state index in [9.17, 15) is 9.59 Å². The fourth-order valence-electron chi connectivity index (χ4n) is 1.84. The first-order chi connectivity index (χ1) is 8.15. The van der Waals surface area contributed by atoms with Gasteiger partial charge >= 0.3 is 5.97 Å². The molecular formula is C11H20N2O4. The van der Waals surface area contributed by atoms with E-state index in [2.05, 4.69) is 10.6 Å². The molecule has 17 heavy (non-hydrogen) atoms. The summed E-state index contributed by atoms with van der Waals surface area (Å²) in [5.41, 5.74) is 0. The standard InChI is InChI=1S/C11H20N2O4/c1-17-7-5-9(11(15)16)13-10(14)8-4-2-3-6-12-8/h8-9,12H,2-7H2,1H3,(H,13,14)(H,15,16)/t8-,9?/m0/s1. The number of hydrogen-bond donors (Lipinski definition) is 3. The predicted molar refractivity (Wildman–Crippen MR) is 61.7 cm³/mol. The van der Waals surface area contributed by atoms with Crippen LogP contribution in [0, 0.1) is 0 Å². The Morgan fingerprint density at radius 3 is 2.82 bits per heavy atom. The van der Waals surface area contributed by atoms with Gasteiger partial charge in [0.05, 0.1) is 6.04 Å². The highest BCUT2D eigenvalue weighted by molar-refractivity contribution is 5.86. The molecule has 1 saturated heterocycles. The van der Waals surface area contributed by atoms with Gasteiger partial charge in [-0.15, -0.1) is 0 Å². The van der Waals surface area contributed by atoms with Gasteiger partial charge in [0.2, 0.25) is 5.91 Å². The topological polar surface area (TPSA) is 87.7 Å². The lowest BCUT2D eigenvalue weighted by Gasteiger charge is -2.24. The molecule has 3 N–H and O–H groups in total. The molecule has 0 bridgehead atoms. The fourth-order valence-corrected chi connectivity index (χ4v) is 1.84. The minimum absolute atomic E-state index is 0.229. The van der Waals surface area contributed by atoms with Crippen LogP contribution in [0.5, 0.6) is 0 Å². The maximum atomic E-state index is 11.8. The highest BCUT2D eigenvalue weighted by Crippen LogP contribution is 2.07. The number of carbonyl (C=O) groups is 2. The molecule has 1 fully saturated rings. The number of ether oxygens (including phenoxy) is 1. The van der Waals surface area contributed by atoms with Crippen LogP contribution in [0.25, 0.3) is 0 Å². The molecule has 0 spiro atoms. The van der Waals surface area contributed by atoms with Gasteiger partial charge in [-0.05, 0) is 19.4 Å². The molecule has 98 valence electrons. The Balaban J connectivity index is 2.42. The number of amides is 1. The van der Waals surface area contributed by atoms with Crippen LogP contribution in [0.4, 0.5) is 0 Å². The monoisotopic (exact) mass is 244 g/mol. The van der Waals surface area contributed by atoms with Crippen LogP contribution in [-0.4, -0.2) is 49.3 Å². The van der Waals surface area contributed by atoms with Gasteiger partial charge in [-0.1, -0.05) is 6.42 Å². The number of carboxylic acid groups (broad SMARTS) is 1. The largest absolute Gasteiger partial charge is 0.480 e. The van der Waals surface area contributed by atoms with Crippen molar-refractivity contribution in [2.24, 2.45) is 0 Å². The Morgan fingerprint density at radius 2 is 2.29 bits per heavy atom. The van der Waals surface area contributed by atoms with Crippen molar-refractivity contribution in [3.05, 3.63) is 0 Å². The molecule has 1 heterocycles. The third-order valence-corrected chi connectivity index (χ3v) is 2.85. The predicted octanol–water partition coefficient (Wildman–Crippen LogP) is -0.266. The van der Waals surface area contributed by atoms with Crippen molar-refractivity contribution in [1.82, 2.24) is 10.6 Å². The minimum atomic E-state index is -1.02. The maximum absolute atomic E-state index is 11.8. The van der Waals surface area contributed by atoms with E-state index < -0.39 is 12.0 Å². The van der Waals surface area contributed by atoms with Crippen LogP contribution < -0.4 is 10.6 Å². The number of nitrogens with one attached hydrogen (secondary N) is 2. The molecule has 1 aliphatic heterocycles. The molecule has 0 aliphatic carbocycles. The molecule has 6 heteroatoms. The van der Waals surface area contributed by atoms with Gasteiger partial charge in [-0.3, -0.25) is 4.79 Å². The zero-order valence-electron chi connectivity index (χ0n) is 10.1. The van der Waals surface area contributed by atoms with E-state index in [4.69, 9.17) is 9.84 Å². The summed E-state index contributed by atoms with van der Waals surface area (Å²) >= 11 is 0. The summed E-state index contributed by atoms with van der Waals surface area (Å²) in [6, 6.07) is -1.13. The van der Waals surface area contributed by atoms with Crippen LogP contribution in [0.2, 0.25) is 0 Å². The van der Waals surface area contributed by atoms with E-state index >= 15 is 0 Å². The van der Waals surface area contributed by atoms with Crippen LogP contribution in [0.15, 0.2) is 0 Å². The molecule has 1 aliphatic rings. The number of aliphatic carboxylic acids is 1. The lowest BCUT2D eigenvalue weighted by Crippen LogP contribution is -2.51. The molecular weight excluding hydrogens is 224 g/mol. The van der Waals surface area contributed by atoms with E-state index in [1.807, 2.05) is 0 Å². The maximum Gasteiger partial charge on any atom is 0.326 e. The molecule has 0 aromatic carbocycles. The first-order valence-electron chi connectivity index (χ1n) is 5.90. The van der Waals surface area contributed by atoms with Gasteiger partial charge in [0, 0.05) is 20.1 Å². The first kappa shape index (κ1) is 13.9. The van der Waals surface area contributed by atoms with Crippen molar-refractivity contribution in [2.45, 2.75) is 37.8 Å². The Morgan fingerprint density at radius 1 is 1.53 bits per heavy atom. The summed E-state index contributed by atoms with van der Waals surface area (Å²) in [4.78, 5) is 22.7. The number of carbonyl (C=O) groups excluding carboxylic acids is 1. The van der Waals surface area contributed by atoms with Crippen molar-refractivity contribution < 1.29 is 19.4 Å². The van der Waals surface area contributed by atoms with Gasteiger partial charge in [-0.2, -0.15) is 0 Å². The first-order valence-corrected chi connectivity index (χ1v) is 5.90. The van der Waals surface area contributed by atoms with Crippen molar-refractivity contribution in [3.63, 3.8) is 0 Å². The van der Waals surface area contributed by atoms with Crippen LogP contribution >= 0.6 is 0 Å². The van der Waals surface area contributed by atoms with Gasteiger partial charge in [0.15, 0.2) is 0 Å². The lowest BCUT2D eigenvalue weighted by molar-refractivity contribution is -0.142. The number of carboxylic acids is 1. The Hall–Kier alpha value is -1.14. The van der Waals surface area contributed by atoms with Crippen molar-refractivity contribution in [3.8, 4) is 0 Å². The molecule has 1 rings (SSSR count). The average molecular weight is 244 g/mol. The Bertz CT molecular complexity index is 264. The number of hydrogen-bond acceptors (Lipinski definition) is 4. The molecule has 0 aromatic rings. The molecule has 0 saturated carbocycles. The van der Waals surface area contributed by atoms with Crippen molar-refractivity contribution in [1.29, 1.82) is 0 Å². The SMILES string of the molecule is COCCC(NC(=O)[C@@H]1CCCCN1)C(=O)O. The third kappa shape index (κ3) is 4.70. The molecule has 1 amide bonds. The summed E-state index contributed by atoms with van der Waals surface area (Å²) in [6.07, 6.45) is 3.11. The second-order valence-corrected chi connectivity index (χ2v) is 4.18. The molecule has 0 radical (unpaired) electrons. The van der Waals surface area contributed by atoms with Crippen LogP contribution in [-0.2, 0) is 14.3 Å². The molecule has 6 nitrogen and oxygen atoms in total. The van der Waals surface area contributed by atoms with Gasteiger partial charge in [0.1, 0.15) is 6.04 Å². The van der Waals surface area contributed by atoms with Crippen LogP contribution in [0.1, 0.15) is 25.7 Å². The summed E-state index contributed by atoms with van der Waals surface area (Å²) < 4.78 is 4.82. The van der Waals surface area contributed by atoms with Crippen LogP contribution in [0.3, 0.4) is 0 Å². The fraction of sp³-hybridized carbons (Fsp3) is 0.818. The highest BCUT2D eigenvalue weighted by atomic mass is 16.5. The Labute approximate surface area is 101 Å². The van der Waals surface area contributed by atoms with Gasteiger partial charge in [-0.25, -0.2) is 4.79 Å². The van der Waals surface area contributed by atoms with E-state index in [1.54, 1.807) is 0 Å². The number of methoxy groups -OCH3 is 1. The second-order valence-electron chi connectivity index (χ2n) is 4.18. The quantitative estimate of drug-likeness (QED) is 0.599. The Kier molecular flexibility index (Phi) is 5.93. The minimum Gasteiger partial charge on any atom is -0.480 e. The highest BCUT2D eigenvalue weighted by Gasteiger charge is 2.25. The average Bonchev–Trinajstić information content (AvgIpc) is 2.35. The summed E-state index contributed by atoms with van der Waals surface area (Å²) in [5.74, 6) is -1.25. The van der Waals surface area contributed by atoms with E-state index in [-0.39, 0.29) is 18.4 Å². The van der Waals surface area contributed by atoms with Gasteiger partial charge < -0.3 is 20.5 Å². The number of piperidine rings is 1. The third-order valence-electron chi connectivity index (χ3n) is 2.85. The van der Waals surface area contributed by atoms with Crippen molar-refractivity contribution >= 4 is 11.9 Å². The van der Waals surface area contributed by atoms with E-state index in [0.717, 1.165) is 25.8 Å². The van der Waals surface area contributed by atoms with Gasteiger partial charge in [0.25, 0.3) is 0 Å².